The molecule has 27 heavy (non-hydrogen) atoms. The van der Waals surface area contributed by atoms with Crippen LogP contribution in [0.3, 0.4) is 0 Å². The van der Waals surface area contributed by atoms with Gasteiger partial charge in [0, 0.05) is 19.3 Å². The molecule has 0 unspecified atom stereocenters. The van der Waals surface area contributed by atoms with E-state index >= 15 is 0 Å². The van der Waals surface area contributed by atoms with E-state index in [1.54, 1.807) is 36.2 Å². The number of fused-ring (bicyclic) bond motifs is 2. The van der Waals surface area contributed by atoms with E-state index < -0.39 is 0 Å². The van der Waals surface area contributed by atoms with Gasteiger partial charge in [-0.05, 0) is 38.0 Å². The molecule has 3 aromatic rings. The second kappa shape index (κ2) is 7.11. The summed E-state index contributed by atoms with van der Waals surface area (Å²) in [5.41, 5.74) is 0.366. The van der Waals surface area contributed by atoms with Gasteiger partial charge in [0.15, 0.2) is 0 Å². The fraction of sp³-hybridized carbons (Fsp3) is 0.368. The van der Waals surface area contributed by atoms with Gasteiger partial charge in [0.1, 0.15) is 10.5 Å². The van der Waals surface area contributed by atoms with Crippen LogP contribution in [0.25, 0.3) is 15.9 Å². The standard InChI is InChI=1S/C19H19N3O4S/c1-2-26-19(25)12-6-5-8-21(11-12)18(24)14-10-13-16(27-14)20-15-7-3-4-9-22(15)17(13)23/h3-4,7,9-10,12H,2,5-6,8,11H2,1H3/t12-/m0/s1. The summed E-state index contributed by atoms with van der Waals surface area (Å²) in [5, 5.41) is 0.436. The Hall–Kier alpha value is -2.74. The normalized spacial score (nSPS) is 17.4. The highest BCUT2D eigenvalue weighted by Gasteiger charge is 2.30. The lowest BCUT2D eigenvalue weighted by molar-refractivity contribution is -0.149. The molecular weight excluding hydrogens is 366 g/mol. The maximum atomic E-state index is 12.9. The molecule has 0 radical (unpaired) electrons. The third-order valence-electron chi connectivity index (χ3n) is 4.76. The number of carbonyl (C=O) groups is 2. The first-order valence-corrected chi connectivity index (χ1v) is 9.77. The van der Waals surface area contributed by atoms with Gasteiger partial charge >= 0.3 is 5.97 Å². The number of piperidine rings is 1. The molecule has 4 rings (SSSR count). The summed E-state index contributed by atoms with van der Waals surface area (Å²) in [6.45, 7) is 3.05. The summed E-state index contributed by atoms with van der Waals surface area (Å²) in [6.07, 6.45) is 3.14. The fourth-order valence-electron chi connectivity index (χ4n) is 3.42. The molecule has 7 nitrogen and oxygen atoms in total. The number of hydrogen-bond donors (Lipinski definition) is 0. The molecule has 1 aliphatic heterocycles. The number of carbonyl (C=O) groups excluding carboxylic acids is 2. The average Bonchev–Trinajstić information content (AvgIpc) is 3.12. The van der Waals surface area contributed by atoms with Crippen LogP contribution in [0, 0.1) is 5.92 Å². The zero-order valence-electron chi connectivity index (χ0n) is 14.9. The van der Waals surface area contributed by atoms with Gasteiger partial charge in [0.2, 0.25) is 0 Å². The predicted molar refractivity (Wildman–Crippen MR) is 102 cm³/mol. The Morgan fingerprint density at radius 3 is 3.04 bits per heavy atom. The second-order valence-corrected chi connectivity index (χ2v) is 7.55. The molecule has 0 spiro atoms. The van der Waals surface area contributed by atoms with Crippen molar-refractivity contribution in [3.8, 4) is 0 Å². The Balaban J connectivity index is 1.64. The first kappa shape index (κ1) is 17.7. The highest BCUT2D eigenvalue weighted by atomic mass is 32.1. The summed E-state index contributed by atoms with van der Waals surface area (Å²) in [6, 6.07) is 6.96. The van der Waals surface area contributed by atoms with Crippen LogP contribution in [-0.2, 0) is 9.53 Å². The number of hydrogen-bond acceptors (Lipinski definition) is 6. The van der Waals surface area contributed by atoms with Crippen molar-refractivity contribution < 1.29 is 14.3 Å². The van der Waals surface area contributed by atoms with Crippen LogP contribution in [0.1, 0.15) is 29.4 Å². The number of ether oxygens (including phenoxy) is 1. The van der Waals surface area contributed by atoms with Gasteiger partial charge in [-0.2, -0.15) is 0 Å². The molecule has 1 saturated heterocycles. The Morgan fingerprint density at radius 2 is 2.22 bits per heavy atom. The molecule has 140 valence electrons. The molecule has 0 aliphatic carbocycles. The largest absolute Gasteiger partial charge is 0.466 e. The maximum Gasteiger partial charge on any atom is 0.310 e. The molecular formula is C19H19N3O4S. The molecule has 0 bridgehead atoms. The molecule has 3 aromatic heterocycles. The first-order valence-electron chi connectivity index (χ1n) is 8.95. The number of amides is 1. The summed E-state index contributed by atoms with van der Waals surface area (Å²) >= 11 is 1.22. The Labute approximate surface area is 159 Å². The molecule has 0 N–H and O–H groups in total. The molecule has 1 atom stereocenters. The van der Waals surface area contributed by atoms with Gasteiger partial charge < -0.3 is 9.64 Å². The minimum Gasteiger partial charge on any atom is -0.466 e. The monoisotopic (exact) mass is 385 g/mol. The van der Waals surface area contributed by atoms with Gasteiger partial charge in [-0.1, -0.05) is 6.07 Å². The summed E-state index contributed by atoms with van der Waals surface area (Å²) < 4.78 is 6.57. The van der Waals surface area contributed by atoms with Crippen LogP contribution in [0.15, 0.2) is 35.3 Å². The quantitative estimate of drug-likeness (QED) is 0.647. The van der Waals surface area contributed by atoms with Gasteiger partial charge in [-0.3, -0.25) is 18.8 Å². The zero-order valence-corrected chi connectivity index (χ0v) is 15.7. The average molecular weight is 385 g/mol. The van der Waals surface area contributed by atoms with Crippen LogP contribution in [0.2, 0.25) is 0 Å². The van der Waals surface area contributed by atoms with Crippen LogP contribution in [0.4, 0.5) is 0 Å². The summed E-state index contributed by atoms with van der Waals surface area (Å²) in [7, 11) is 0. The van der Waals surface area contributed by atoms with Crippen molar-refractivity contribution in [1.29, 1.82) is 0 Å². The van der Waals surface area contributed by atoms with E-state index in [1.807, 2.05) is 6.07 Å². The van der Waals surface area contributed by atoms with Gasteiger partial charge in [0.05, 0.1) is 22.8 Å². The number of pyridine rings is 1. The molecule has 1 amide bonds. The minimum absolute atomic E-state index is 0.166. The fourth-order valence-corrected chi connectivity index (χ4v) is 4.42. The number of aromatic nitrogens is 2. The van der Waals surface area contributed by atoms with Crippen LogP contribution in [0.5, 0.6) is 0 Å². The van der Waals surface area contributed by atoms with E-state index in [0.717, 1.165) is 12.8 Å². The second-order valence-electron chi connectivity index (χ2n) is 6.52. The van der Waals surface area contributed by atoms with Gasteiger partial charge in [-0.25, -0.2) is 4.98 Å². The predicted octanol–water partition coefficient (Wildman–Crippen LogP) is 2.32. The number of thiophene rings is 1. The van der Waals surface area contributed by atoms with Crippen molar-refractivity contribution in [2.45, 2.75) is 19.8 Å². The molecule has 8 heteroatoms. The van der Waals surface area contributed by atoms with E-state index in [9.17, 15) is 14.4 Å². The van der Waals surface area contributed by atoms with E-state index in [1.165, 1.54) is 15.7 Å². The summed E-state index contributed by atoms with van der Waals surface area (Å²) in [4.78, 5) is 44.8. The number of rotatable bonds is 3. The lowest BCUT2D eigenvalue weighted by atomic mass is 9.98. The number of likely N-dealkylation sites (tertiary alicyclic amines) is 1. The smallest absolute Gasteiger partial charge is 0.310 e. The van der Waals surface area contributed by atoms with E-state index in [-0.39, 0.29) is 23.4 Å². The van der Waals surface area contributed by atoms with Crippen molar-refractivity contribution in [3.63, 3.8) is 0 Å². The Kier molecular flexibility index (Phi) is 4.65. The third-order valence-corrected chi connectivity index (χ3v) is 5.77. The molecule has 0 saturated carbocycles. The van der Waals surface area contributed by atoms with Crippen molar-refractivity contribution in [2.75, 3.05) is 19.7 Å². The zero-order chi connectivity index (χ0) is 19.0. The lowest BCUT2D eigenvalue weighted by Crippen LogP contribution is -2.42. The van der Waals surface area contributed by atoms with Crippen molar-refractivity contribution in [3.05, 3.63) is 45.7 Å². The SMILES string of the molecule is CCOC(=O)[C@H]1CCCN(C(=O)c2cc3c(=O)n4ccccc4nc3s2)C1. The first-order chi connectivity index (χ1) is 13.1. The topological polar surface area (TPSA) is 81.0 Å². The molecule has 0 aromatic carbocycles. The van der Waals surface area contributed by atoms with Gasteiger partial charge in [-0.15, -0.1) is 11.3 Å². The van der Waals surface area contributed by atoms with Crippen molar-refractivity contribution in [1.82, 2.24) is 14.3 Å². The van der Waals surface area contributed by atoms with Crippen LogP contribution in [-0.4, -0.2) is 45.9 Å². The van der Waals surface area contributed by atoms with Crippen LogP contribution < -0.4 is 5.56 Å². The third kappa shape index (κ3) is 3.21. The minimum atomic E-state index is -0.289. The Bertz CT molecular complexity index is 1090. The van der Waals surface area contributed by atoms with Crippen LogP contribution >= 0.6 is 11.3 Å². The number of nitrogens with zero attached hydrogens (tertiary/aromatic N) is 3. The molecule has 1 aliphatic rings. The van der Waals surface area contributed by atoms with Gasteiger partial charge in [0.25, 0.3) is 11.5 Å². The van der Waals surface area contributed by atoms with E-state index in [4.69, 9.17) is 4.74 Å². The highest BCUT2D eigenvalue weighted by molar-refractivity contribution is 7.20. The van der Waals surface area contributed by atoms with Crippen molar-refractivity contribution >= 4 is 39.1 Å². The van der Waals surface area contributed by atoms with E-state index in [2.05, 4.69) is 4.98 Å². The maximum absolute atomic E-state index is 12.9. The summed E-state index contributed by atoms with van der Waals surface area (Å²) in [5.74, 6) is -0.707. The number of esters is 1. The van der Waals surface area contributed by atoms with E-state index in [0.29, 0.717) is 40.4 Å². The highest BCUT2D eigenvalue weighted by Crippen LogP contribution is 2.26. The molecule has 1 fully saturated rings. The van der Waals surface area contributed by atoms with Crippen molar-refractivity contribution in [2.24, 2.45) is 5.92 Å². The lowest BCUT2D eigenvalue weighted by Gasteiger charge is -2.31. The molecule has 4 heterocycles. The Morgan fingerprint density at radius 1 is 1.37 bits per heavy atom.